The Kier molecular flexibility index (Phi) is 4.74. The molecule has 7 heteroatoms. The van der Waals surface area contributed by atoms with E-state index in [0.717, 1.165) is 43.9 Å². The van der Waals surface area contributed by atoms with Crippen LogP contribution in [0.25, 0.3) is 0 Å². The highest BCUT2D eigenvalue weighted by Crippen LogP contribution is 2.30. The Morgan fingerprint density at radius 2 is 2.05 bits per heavy atom. The van der Waals surface area contributed by atoms with Crippen LogP contribution < -0.4 is 9.84 Å². The summed E-state index contributed by atoms with van der Waals surface area (Å²) in [6, 6.07) is 3.29. The van der Waals surface area contributed by atoms with Gasteiger partial charge in [0, 0.05) is 11.6 Å². The van der Waals surface area contributed by atoms with Gasteiger partial charge in [0.25, 0.3) is 0 Å². The fourth-order valence-corrected chi connectivity index (χ4v) is 2.39. The van der Waals surface area contributed by atoms with Crippen molar-refractivity contribution < 1.29 is 24.3 Å². The molecule has 21 heavy (non-hydrogen) atoms. The van der Waals surface area contributed by atoms with Gasteiger partial charge in [-0.2, -0.15) is 0 Å². The van der Waals surface area contributed by atoms with Crippen molar-refractivity contribution in [3.05, 3.63) is 33.9 Å². The number of carbonyl (C=O) groups is 1. The first kappa shape index (κ1) is 15.2. The van der Waals surface area contributed by atoms with Gasteiger partial charge < -0.3 is 19.4 Å². The molecule has 1 aliphatic rings. The second-order valence-corrected chi connectivity index (χ2v) is 4.96. The number of carboxylic acids is 1. The van der Waals surface area contributed by atoms with Gasteiger partial charge >= 0.3 is 5.69 Å². The van der Waals surface area contributed by atoms with Crippen molar-refractivity contribution >= 4 is 11.7 Å². The van der Waals surface area contributed by atoms with Gasteiger partial charge in [-0.3, -0.25) is 10.1 Å². The summed E-state index contributed by atoms with van der Waals surface area (Å²) >= 11 is 0. The highest BCUT2D eigenvalue weighted by Gasteiger charge is 2.22. The molecule has 0 radical (unpaired) electrons. The van der Waals surface area contributed by atoms with Crippen LogP contribution in [0.3, 0.4) is 0 Å². The van der Waals surface area contributed by atoms with Gasteiger partial charge in [-0.15, -0.1) is 0 Å². The summed E-state index contributed by atoms with van der Waals surface area (Å²) in [7, 11) is 0. The summed E-state index contributed by atoms with van der Waals surface area (Å²) in [5.74, 6) is -1.55. The molecule has 0 bridgehead atoms. The number of hydrogen-bond acceptors (Lipinski definition) is 6. The standard InChI is InChI=1S/C14H17NO6/c1-9(20-11-4-2-3-5-11)21-13-8-10(14(16)17)6-7-12(13)15(18)19/h6-9,11H,2-5H2,1H3,(H,16,17)/p-1. The molecule has 114 valence electrons. The minimum atomic E-state index is -1.42. The second kappa shape index (κ2) is 6.53. The van der Waals surface area contributed by atoms with Crippen LogP contribution in [0.5, 0.6) is 5.75 Å². The normalized spacial score (nSPS) is 16.6. The quantitative estimate of drug-likeness (QED) is 0.449. The topological polar surface area (TPSA) is 102 Å². The lowest BCUT2D eigenvalue weighted by Gasteiger charge is -2.20. The van der Waals surface area contributed by atoms with E-state index in [2.05, 4.69) is 0 Å². The van der Waals surface area contributed by atoms with E-state index in [1.165, 1.54) is 0 Å². The third-order valence-corrected chi connectivity index (χ3v) is 3.37. The Labute approximate surface area is 121 Å². The van der Waals surface area contributed by atoms with Gasteiger partial charge in [-0.25, -0.2) is 0 Å². The number of ether oxygens (including phenoxy) is 2. The van der Waals surface area contributed by atoms with Crippen LogP contribution >= 0.6 is 0 Å². The Morgan fingerprint density at radius 1 is 1.38 bits per heavy atom. The number of nitrogens with zero attached hydrogens (tertiary/aromatic N) is 1. The number of rotatable bonds is 6. The van der Waals surface area contributed by atoms with Crippen LogP contribution in [-0.4, -0.2) is 23.3 Å². The van der Waals surface area contributed by atoms with Crippen LogP contribution in [-0.2, 0) is 4.74 Å². The minimum absolute atomic E-state index is 0.0865. The lowest BCUT2D eigenvalue weighted by Crippen LogP contribution is -2.24. The zero-order valence-electron chi connectivity index (χ0n) is 11.6. The smallest absolute Gasteiger partial charge is 0.311 e. The van der Waals surface area contributed by atoms with Gasteiger partial charge in [-0.05, 0) is 31.9 Å². The molecule has 0 amide bonds. The number of nitro benzene ring substituents is 1. The number of nitro groups is 1. The molecule has 1 aromatic carbocycles. The lowest BCUT2D eigenvalue weighted by atomic mass is 10.2. The predicted octanol–water partition coefficient (Wildman–Crippen LogP) is 1.64. The maximum Gasteiger partial charge on any atom is 0.311 e. The molecule has 1 unspecified atom stereocenters. The van der Waals surface area contributed by atoms with E-state index in [9.17, 15) is 20.0 Å². The van der Waals surface area contributed by atoms with Crippen molar-refractivity contribution in [2.75, 3.05) is 0 Å². The average molecular weight is 294 g/mol. The minimum Gasteiger partial charge on any atom is -0.545 e. The SMILES string of the molecule is CC(Oc1cc(C(=O)[O-])ccc1[N+](=O)[O-])OC1CCCC1. The van der Waals surface area contributed by atoms with E-state index < -0.39 is 17.2 Å². The first-order chi connectivity index (χ1) is 9.97. The van der Waals surface area contributed by atoms with Crippen molar-refractivity contribution in [2.45, 2.75) is 45.0 Å². The van der Waals surface area contributed by atoms with E-state index in [1.54, 1.807) is 6.92 Å². The molecular weight excluding hydrogens is 278 g/mol. The number of hydrogen-bond donors (Lipinski definition) is 0. The highest BCUT2D eigenvalue weighted by atomic mass is 16.7. The third-order valence-electron chi connectivity index (χ3n) is 3.37. The predicted molar refractivity (Wildman–Crippen MR) is 70.9 cm³/mol. The Balaban J connectivity index is 2.13. The number of benzene rings is 1. The van der Waals surface area contributed by atoms with Crippen LogP contribution in [0.15, 0.2) is 18.2 Å². The average Bonchev–Trinajstić information content (AvgIpc) is 2.90. The second-order valence-electron chi connectivity index (χ2n) is 4.96. The molecule has 1 fully saturated rings. The monoisotopic (exact) mass is 294 g/mol. The maximum atomic E-state index is 11.0. The van der Waals surface area contributed by atoms with E-state index in [4.69, 9.17) is 9.47 Å². The van der Waals surface area contributed by atoms with E-state index in [1.807, 2.05) is 0 Å². The summed E-state index contributed by atoms with van der Waals surface area (Å²) < 4.78 is 11.0. The molecule has 0 heterocycles. The fourth-order valence-electron chi connectivity index (χ4n) is 2.39. The highest BCUT2D eigenvalue weighted by molar-refractivity contribution is 5.87. The number of carboxylic acid groups (broad SMARTS) is 1. The van der Waals surface area contributed by atoms with Crippen molar-refractivity contribution in [1.82, 2.24) is 0 Å². The molecule has 0 aliphatic heterocycles. The summed E-state index contributed by atoms with van der Waals surface area (Å²) in [6.07, 6.45) is 3.46. The zero-order chi connectivity index (χ0) is 15.4. The van der Waals surface area contributed by atoms with Gasteiger partial charge in [0.05, 0.1) is 17.0 Å². The summed E-state index contributed by atoms with van der Waals surface area (Å²) in [5.41, 5.74) is -0.481. The number of carbonyl (C=O) groups excluding carboxylic acids is 1. The molecule has 0 aromatic heterocycles. The summed E-state index contributed by atoms with van der Waals surface area (Å²) in [6.45, 7) is 1.63. The van der Waals surface area contributed by atoms with Gasteiger partial charge in [-0.1, -0.05) is 12.8 Å². The van der Waals surface area contributed by atoms with Gasteiger partial charge in [0.1, 0.15) is 0 Å². The summed E-state index contributed by atoms with van der Waals surface area (Å²) in [5, 5.41) is 21.8. The zero-order valence-corrected chi connectivity index (χ0v) is 11.6. The number of aromatic carboxylic acids is 1. The Morgan fingerprint density at radius 3 is 2.62 bits per heavy atom. The van der Waals surface area contributed by atoms with E-state index in [-0.39, 0.29) is 23.1 Å². The first-order valence-electron chi connectivity index (χ1n) is 6.79. The molecule has 7 nitrogen and oxygen atoms in total. The van der Waals surface area contributed by atoms with Crippen molar-refractivity contribution in [3.8, 4) is 5.75 Å². The lowest BCUT2D eigenvalue weighted by molar-refractivity contribution is -0.386. The molecule has 0 N–H and O–H groups in total. The summed E-state index contributed by atoms with van der Waals surface area (Å²) in [4.78, 5) is 21.2. The van der Waals surface area contributed by atoms with E-state index >= 15 is 0 Å². The van der Waals surface area contributed by atoms with E-state index in [0.29, 0.717) is 0 Å². The molecule has 1 atom stereocenters. The Hall–Kier alpha value is -2.15. The van der Waals surface area contributed by atoms with Crippen LogP contribution in [0.1, 0.15) is 43.0 Å². The molecule has 2 rings (SSSR count). The largest absolute Gasteiger partial charge is 0.545 e. The fraction of sp³-hybridized carbons (Fsp3) is 0.500. The van der Waals surface area contributed by atoms with Crippen molar-refractivity contribution in [2.24, 2.45) is 0 Å². The van der Waals surface area contributed by atoms with Crippen molar-refractivity contribution in [3.63, 3.8) is 0 Å². The Bertz CT molecular complexity index is 538. The first-order valence-corrected chi connectivity index (χ1v) is 6.79. The molecule has 1 saturated carbocycles. The molecule has 0 spiro atoms. The molecule has 1 aromatic rings. The third kappa shape index (κ3) is 3.91. The van der Waals surface area contributed by atoms with Gasteiger partial charge in [0.15, 0.2) is 6.29 Å². The molecule has 1 aliphatic carbocycles. The van der Waals surface area contributed by atoms with Crippen LogP contribution in [0, 0.1) is 10.1 Å². The van der Waals surface area contributed by atoms with Crippen LogP contribution in [0.4, 0.5) is 5.69 Å². The maximum absolute atomic E-state index is 11.0. The molecule has 0 saturated heterocycles. The van der Waals surface area contributed by atoms with Gasteiger partial charge in [0.2, 0.25) is 5.75 Å². The van der Waals surface area contributed by atoms with Crippen molar-refractivity contribution in [1.29, 1.82) is 0 Å². The molecular formula is C14H16NO6-. The van der Waals surface area contributed by atoms with Crippen LogP contribution in [0.2, 0.25) is 0 Å².